The standard InChI is InChI=1S/C22H34N2O4/c1-6-8-12-28-20-17-10-9-16(27-11-7-2)13-18(17)21(25)24(26,19(20)14-23)15-22(3,4)5/h9-10,13H,6-8,11-12,14-15,23H2,1-5H3. The van der Waals surface area contributed by atoms with Crippen LogP contribution in [-0.2, 0) is 4.74 Å². The molecule has 1 aliphatic rings. The van der Waals surface area contributed by atoms with Gasteiger partial charge in [0.1, 0.15) is 5.75 Å². The Kier molecular flexibility index (Phi) is 7.26. The van der Waals surface area contributed by atoms with Crippen LogP contribution in [0.25, 0.3) is 5.76 Å². The van der Waals surface area contributed by atoms with Crippen molar-refractivity contribution in [1.82, 2.24) is 0 Å². The second-order valence-corrected chi connectivity index (χ2v) is 8.50. The zero-order valence-electron chi connectivity index (χ0n) is 17.8. The lowest BCUT2D eigenvalue weighted by Crippen LogP contribution is -2.55. The van der Waals surface area contributed by atoms with Crippen molar-refractivity contribution < 1.29 is 18.9 Å². The van der Waals surface area contributed by atoms with E-state index in [0.29, 0.717) is 41.5 Å². The number of ether oxygens (including phenoxy) is 2. The van der Waals surface area contributed by atoms with Crippen molar-refractivity contribution in [3.05, 3.63) is 40.2 Å². The maximum Gasteiger partial charge on any atom is 0.351 e. The molecule has 0 saturated heterocycles. The normalized spacial score (nSPS) is 19.6. The van der Waals surface area contributed by atoms with Gasteiger partial charge in [0.05, 0.1) is 31.9 Å². The second-order valence-electron chi connectivity index (χ2n) is 8.50. The predicted octanol–water partition coefficient (Wildman–Crippen LogP) is 4.43. The molecule has 2 rings (SSSR count). The SMILES string of the molecule is CCCCOC1=C(CN)[N+]([O-])(CC(C)(C)C)C(=O)c2cc(OCCC)ccc21. The van der Waals surface area contributed by atoms with Gasteiger partial charge in [-0.2, -0.15) is 0 Å². The van der Waals surface area contributed by atoms with E-state index in [2.05, 4.69) is 6.92 Å². The summed E-state index contributed by atoms with van der Waals surface area (Å²) in [6.07, 6.45) is 2.69. The fourth-order valence-electron chi connectivity index (χ4n) is 3.40. The molecule has 1 aromatic carbocycles. The number of hydrogen-bond donors (Lipinski definition) is 1. The van der Waals surface area contributed by atoms with E-state index in [1.165, 1.54) is 0 Å². The van der Waals surface area contributed by atoms with Crippen LogP contribution < -0.4 is 10.5 Å². The van der Waals surface area contributed by atoms with Crippen LogP contribution >= 0.6 is 0 Å². The highest BCUT2D eigenvalue weighted by atomic mass is 16.6. The lowest BCUT2D eigenvalue weighted by molar-refractivity contribution is -0.766. The monoisotopic (exact) mass is 390 g/mol. The molecule has 0 fully saturated rings. The third kappa shape index (κ3) is 4.74. The Balaban J connectivity index is 2.61. The van der Waals surface area contributed by atoms with Crippen LogP contribution in [-0.4, -0.2) is 36.9 Å². The molecule has 1 atom stereocenters. The van der Waals surface area contributed by atoms with Gasteiger partial charge in [0.25, 0.3) is 0 Å². The molecule has 1 heterocycles. The largest absolute Gasteiger partial charge is 0.620 e. The average Bonchev–Trinajstić information content (AvgIpc) is 2.63. The molecule has 0 radical (unpaired) electrons. The summed E-state index contributed by atoms with van der Waals surface area (Å²) < 4.78 is 10.6. The maximum atomic E-state index is 13.9. The molecule has 1 unspecified atom stereocenters. The smallest absolute Gasteiger partial charge is 0.351 e. The molecule has 156 valence electrons. The second kappa shape index (κ2) is 9.07. The minimum atomic E-state index is -1.11. The summed E-state index contributed by atoms with van der Waals surface area (Å²) >= 11 is 0. The molecule has 0 bridgehead atoms. The number of amides is 1. The van der Waals surface area contributed by atoms with Crippen molar-refractivity contribution in [1.29, 1.82) is 0 Å². The average molecular weight is 391 g/mol. The van der Waals surface area contributed by atoms with E-state index in [0.717, 1.165) is 19.3 Å². The Morgan fingerprint density at radius 3 is 2.36 bits per heavy atom. The highest BCUT2D eigenvalue weighted by molar-refractivity contribution is 5.98. The van der Waals surface area contributed by atoms with Gasteiger partial charge in [0.15, 0.2) is 11.5 Å². The van der Waals surface area contributed by atoms with Gasteiger partial charge in [0.2, 0.25) is 0 Å². The fraction of sp³-hybridized carbons (Fsp3) is 0.591. The number of unbranched alkanes of at least 4 members (excludes halogenated alkanes) is 1. The summed E-state index contributed by atoms with van der Waals surface area (Å²) in [7, 11) is 0. The van der Waals surface area contributed by atoms with Gasteiger partial charge in [-0.25, -0.2) is 4.79 Å². The maximum absolute atomic E-state index is 13.9. The minimum Gasteiger partial charge on any atom is -0.620 e. The van der Waals surface area contributed by atoms with Gasteiger partial charge >= 0.3 is 5.91 Å². The van der Waals surface area contributed by atoms with Crippen molar-refractivity contribution in [3.8, 4) is 5.75 Å². The van der Waals surface area contributed by atoms with Gasteiger partial charge in [-0.15, -0.1) is 0 Å². The number of hydrogen-bond acceptors (Lipinski definition) is 5. The number of carbonyl (C=O) groups excluding carboxylic acids is 1. The van der Waals surface area contributed by atoms with Gasteiger partial charge in [-0.1, -0.05) is 41.0 Å². The lowest BCUT2D eigenvalue weighted by Gasteiger charge is -2.47. The molecular formula is C22H34N2O4. The topological polar surface area (TPSA) is 84.6 Å². The molecule has 0 saturated carbocycles. The molecule has 0 spiro atoms. The first-order valence-electron chi connectivity index (χ1n) is 10.2. The zero-order chi connectivity index (χ0) is 20.9. The van der Waals surface area contributed by atoms with Crippen LogP contribution in [0.5, 0.6) is 5.75 Å². The summed E-state index contributed by atoms with van der Waals surface area (Å²) in [6, 6.07) is 5.28. The number of rotatable bonds is 9. The van der Waals surface area contributed by atoms with Gasteiger partial charge < -0.3 is 20.4 Å². The van der Waals surface area contributed by atoms with Crippen LogP contribution in [0.1, 0.15) is 69.8 Å². The molecule has 28 heavy (non-hydrogen) atoms. The molecule has 6 nitrogen and oxygen atoms in total. The van der Waals surface area contributed by atoms with Crippen LogP contribution in [0, 0.1) is 10.6 Å². The van der Waals surface area contributed by atoms with E-state index in [1.54, 1.807) is 12.1 Å². The highest BCUT2D eigenvalue weighted by Crippen LogP contribution is 2.40. The first kappa shape index (κ1) is 22.4. The Morgan fingerprint density at radius 1 is 1.07 bits per heavy atom. The summed E-state index contributed by atoms with van der Waals surface area (Å²) in [4.78, 5) is 13.3. The molecule has 1 aliphatic heterocycles. The number of fused-ring (bicyclic) bond motifs is 1. The van der Waals surface area contributed by atoms with Crippen molar-refractivity contribution in [2.75, 3.05) is 26.3 Å². The summed E-state index contributed by atoms with van der Waals surface area (Å²) in [5.74, 6) is 0.530. The minimum absolute atomic E-state index is 0.0275. The molecule has 0 aromatic heterocycles. The van der Waals surface area contributed by atoms with Crippen molar-refractivity contribution in [3.63, 3.8) is 0 Å². The Bertz CT molecular complexity index is 737. The highest BCUT2D eigenvalue weighted by Gasteiger charge is 2.45. The third-order valence-corrected chi connectivity index (χ3v) is 4.60. The zero-order valence-corrected chi connectivity index (χ0v) is 17.8. The number of carbonyl (C=O) groups is 1. The number of benzene rings is 1. The third-order valence-electron chi connectivity index (χ3n) is 4.60. The summed E-state index contributed by atoms with van der Waals surface area (Å²) in [5, 5.41) is 13.9. The van der Waals surface area contributed by atoms with Gasteiger partial charge in [-0.3, -0.25) is 4.65 Å². The molecular weight excluding hydrogens is 356 g/mol. The van der Waals surface area contributed by atoms with Crippen molar-refractivity contribution >= 4 is 11.7 Å². The van der Waals surface area contributed by atoms with Crippen LogP contribution in [0.4, 0.5) is 0 Å². The quantitative estimate of drug-likeness (QED) is 0.383. The Morgan fingerprint density at radius 2 is 1.79 bits per heavy atom. The molecule has 1 amide bonds. The van der Waals surface area contributed by atoms with Crippen LogP contribution in [0.2, 0.25) is 0 Å². The molecule has 6 heteroatoms. The van der Waals surface area contributed by atoms with Gasteiger partial charge in [-0.05, 0) is 31.0 Å². The summed E-state index contributed by atoms with van der Waals surface area (Å²) in [5.41, 5.74) is 6.89. The summed E-state index contributed by atoms with van der Waals surface area (Å²) in [6.45, 7) is 11.0. The predicted molar refractivity (Wildman–Crippen MR) is 111 cm³/mol. The molecule has 2 N–H and O–H groups in total. The number of quaternary nitrogens is 1. The van der Waals surface area contributed by atoms with Crippen molar-refractivity contribution in [2.24, 2.45) is 11.1 Å². The van der Waals surface area contributed by atoms with Crippen LogP contribution in [0.15, 0.2) is 23.9 Å². The number of hydroxylamine groups is 3. The number of nitrogens with two attached hydrogens (primary N) is 1. The van der Waals surface area contributed by atoms with E-state index >= 15 is 0 Å². The van der Waals surface area contributed by atoms with E-state index < -0.39 is 10.6 Å². The van der Waals surface area contributed by atoms with E-state index in [4.69, 9.17) is 15.2 Å². The number of nitrogens with zero attached hydrogens (tertiary/aromatic N) is 1. The first-order chi connectivity index (χ1) is 13.2. The Hall–Kier alpha value is -1.89. The van der Waals surface area contributed by atoms with E-state index in [9.17, 15) is 10.0 Å². The molecule has 0 aliphatic carbocycles. The molecule has 1 aromatic rings. The van der Waals surface area contributed by atoms with E-state index in [1.807, 2.05) is 33.8 Å². The lowest BCUT2D eigenvalue weighted by atomic mass is 9.91. The van der Waals surface area contributed by atoms with E-state index in [-0.39, 0.29) is 18.5 Å². The first-order valence-corrected chi connectivity index (χ1v) is 10.2. The Labute approximate surface area is 168 Å². The fourth-order valence-corrected chi connectivity index (χ4v) is 3.40. The van der Waals surface area contributed by atoms with Crippen molar-refractivity contribution in [2.45, 2.75) is 53.9 Å². The van der Waals surface area contributed by atoms with Gasteiger partial charge in [0, 0.05) is 11.0 Å². The van der Waals surface area contributed by atoms with Crippen LogP contribution in [0.3, 0.4) is 0 Å².